The van der Waals surface area contributed by atoms with Crippen LogP contribution < -0.4 is 0 Å². The van der Waals surface area contributed by atoms with Crippen LogP contribution in [0.4, 0.5) is 4.39 Å². The normalized spacial score (nSPS) is 12.1. The molecule has 0 aliphatic rings. The van der Waals surface area contributed by atoms with Gasteiger partial charge < -0.3 is 0 Å². The minimum atomic E-state index is -0.0467. The van der Waals surface area contributed by atoms with Crippen molar-refractivity contribution < 1.29 is 4.39 Å². The van der Waals surface area contributed by atoms with Crippen molar-refractivity contribution in [2.75, 3.05) is 0 Å². The highest BCUT2D eigenvalue weighted by Crippen LogP contribution is 2.35. The van der Waals surface area contributed by atoms with E-state index in [1.165, 1.54) is 17.7 Å². The number of rotatable bonds is 4. The van der Waals surface area contributed by atoms with Crippen LogP contribution >= 0.6 is 11.3 Å². The molecule has 1 heterocycles. The first-order valence-electron chi connectivity index (χ1n) is 5.24. The molecule has 1 aromatic heterocycles. The molecule has 2 heteroatoms. The molecule has 0 saturated heterocycles. The summed E-state index contributed by atoms with van der Waals surface area (Å²) in [6.07, 6.45) is 3.56. The van der Waals surface area contributed by atoms with E-state index in [0.717, 1.165) is 11.3 Å². The average Bonchev–Trinajstić information content (AvgIpc) is 2.45. The summed E-state index contributed by atoms with van der Waals surface area (Å²) in [6.45, 7) is 8.44. The van der Waals surface area contributed by atoms with Crippen LogP contribution in [0.2, 0.25) is 0 Å². The van der Waals surface area contributed by atoms with Gasteiger partial charge in [0.05, 0.1) is 0 Å². The molecule has 1 rings (SSSR count). The molecular formula is C12H19FS. The van der Waals surface area contributed by atoms with E-state index in [9.17, 15) is 4.39 Å². The molecular weight excluding hydrogens is 195 g/mol. The maximum atomic E-state index is 13.2. The van der Waals surface area contributed by atoms with Crippen molar-refractivity contribution in [3.05, 3.63) is 21.6 Å². The molecule has 14 heavy (non-hydrogen) atoms. The third-order valence-corrected chi connectivity index (χ3v) is 4.07. The van der Waals surface area contributed by atoms with Gasteiger partial charge in [-0.15, -0.1) is 11.3 Å². The second kappa shape index (κ2) is 4.43. The third-order valence-electron chi connectivity index (χ3n) is 2.68. The van der Waals surface area contributed by atoms with Crippen molar-refractivity contribution in [2.45, 2.75) is 52.4 Å². The molecule has 1 aromatic rings. The summed E-state index contributed by atoms with van der Waals surface area (Å²) in [5, 5.41) is 0. The molecule has 0 nitrogen and oxygen atoms in total. The molecule has 0 aliphatic heterocycles. The van der Waals surface area contributed by atoms with E-state index in [4.69, 9.17) is 0 Å². The van der Waals surface area contributed by atoms with E-state index < -0.39 is 0 Å². The van der Waals surface area contributed by atoms with Gasteiger partial charge in [0.1, 0.15) is 5.82 Å². The lowest BCUT2D eigenvalue weighted by molar-refractivity contribution is 0.464. The largest absolute Gasteiger partial charge is 0.206 e. The van der Waals surface area contributed by atoms with Crippen molar-refractivity contribution in [1.82, 2.24) is 0 Å². The van der Waals surface area contributed by atoms with Crippen LogP contribution in [0.5, 0.6) is 0 Å². The standard InChI is InChI=1S/C12H19FS/c1-5-6-7-12(3,4)11-8-10(13)9(2)14-11/h8H,5-7H2,1-4H3. The molecule has 0 bridgehead atoms. The third kappa shape index (κ3) is 2.57. The number of hydrogen-bond acceptors (Lipinski definition) is 1. The fourth-order valence-corrected chi connectivity index (χ4v) is 2.56. The molecule has 0 N–H and O–H groups in total. The van der Waals surface area contributed by atoms with E-state index in [1.54, 1.807) is 17.4 Å². The van der Waals surface area contributed by atoms with Gasteiger partial charge in [-0.1, -0.05) is 33.6 Å². The molecule has 80 valence electrons. The van der Waals surface area contributed by atoms with E-state index in [1.807, 2.05) is 6.92 Å². The van der Waals surface area contributed by atoms with Gasteiger partial charge in [0.15, 0.2) is 0 Å². The van der Waals surface area contributed by atoms with Crippen molar-refractivity contribution in [1.29, 1.82) is 0 Å². The first-order valence-corrected chi connectivity index (χ1v) is 6.05. The molecule has 0 radical (unpaired) electrons. The maximum Gasteiger partial charge on any atom is 0.137 e. The van der Waals surface area contributed by atoms with E-state index >= 15 is 0 Å². The Hall–Kier alpha value is -0.370. The summed E-state index contributed by atoms with van der Waals surface area (Å²) in [5.74, 6) is -0.0467. The zero-order valence-electron chi connectivity index (χ0n) is 9.48. The average molecular weight is 214 g/mol. The van der Waals surface area contributed by atoms with Crippen LogP contribution in [-0.4, -0.2) is 0 Å². The fourth-order valence-electron chi connectivity index (χ4n) is 1.54. The lowest BCUT2D eigenvalue weighted by atomic mass is 9.86. The summed E-state index contributed by atoms with van der Waals surface area (Å²) >= 11 is 1.60. The molecule has 0 aromatic carbocycles. The summed E-state index contributed by atoms with van der Waals surface area (Å²) < 4.78 is 13.2. The zero-order chi connectivity index (χ0) is 10.8. The van der Waals surface area contributed by atoms with Crippen LogP contribution in [0, 0.1) is 12.7 Å². The molecule has 0 fully saturated rings. The van der Waals surface area contributed by atoms with Gasteiger partial charge in [-0.3, -0.25) is 0 Å². The van der Waals surface area contributed by atoms with Crippen LogP contribution in [0.3, 0.4) is 0 Å². The number of aryl methyl sites for hydroxylation is 1. The Morgan fingerprint density at radius 2 is 2.07 bits per heavy atom. The highest BCUT2D eigenvalue weighted by atomic mass is 32.1. The summed E-state index contributed by atoms with van der Waals surface area (Å²) in [5.41, 5.74) is 0.135. The predicted octanol–water partition coefficient (Wildman–Crippen LogP) is 4.66. The van der Waals surface area contributed by atoms with Gasteiger partial charge in [0.2, 0.25) is 0 Å². The second-order valence-corrected chi connectivity index (χ2v) is 5.76. The minimum absolute atomic E-state index is 0.0467. The predicted molar refractivity (Wildman–Crippen MR) is 61.6 cm³/mol. The van der Waals surface area contributed by atoms with Crippen LogP contribution in [0.15, 0.2) is 6.07 Å². The Bertz CT molecular complexity index is 280. The van der Waals surface area contributed by atoms with Crippen molar-refractivity contribution in [2.24, 2.45) is 0 Å². The quantitative estimate of drug-likeness (QED) is 0.683. The van der Waals surface area contributed by atoms with Gasteiger partial charge in [-0.05, 0) is 24.8 Å². The summed E-state index contributed by atoms with van der Waals surface area (Å²) in [6, 6.07) is 1.70. The van der Waals surface area contributed by atoms with Crippen molar-refractivity contribution >= 4 is 11.3 Å². The molecule has 0 saturated carbocycles. The Kier molecular flexibility index (Phi) is 3.71. The fraction of sp³-hybridized carbons (Fsp3) is 0.667. The molecule has 0 spiro atoms. The number of halogens is 1. The molecule has 0 unspecified atom stereocenters. The van der Waals surface area contributed by atoms with Crippen LogP contribution in [-0.2, 0) is 5.41 Å². The van der Waals surface area contributed by atoms with Crippen LogP contribution in [0.1, 0.15) is 49.8 Å². The highest BCUT2D eigenvalue weighted by molar-refractivity contribution is 7.12. The second-order valence-electron chi connectivity index (χ2n) is 4.50. The first kappa shape index (κ1) is 11.7. The zero-order valence-corrected chi connectivity index (χ0v) is 10.3. The lowest BCUT2D eigenvalue weighted by Crippen LogP contribution is -2.14. The SMILES string of the molecule is CCCCC(C)(C)c1cc(F)c(C)s1. The van der Waals surface area contributed by atoms with Gasteiger partial charge in [0, 0.05) is 9.75 Å². The van der Waals surface area contributed by atoms with E-state index in [0.29, 0.717) is 0 Å². The Labute approximate surface area is 90.2 Å². The minimum Gasteiger partial charge on any atom is -0.206 e. The molecule has 0 atom stereocenters. The van der Waals surface area contributed by atoms with Gasteiger partial charge in [-0.25, -0.2) is 4.39 Å². The van der Waals surface area contributed by atoms with Gasteiger partial charge in [0.25, 0.3) is 0 Å². The topological polar surface area (TPSA) is 0 Å². The van der Waals surface area contributed by atoms with Crippen LogP contribution in [0.25, 0.3) is 0 Å². The van der Waals surface area contributed by atoms with Gasteiger partial charge >= 0.3 is 0 Å². The highest BCUT2D eigenvalue weighted by Gasteiger charge is 2.23. The Balaban J connectivity index is 2.80. The van der Waals surface area contributed by atoms with Crippen molar-refractivity contribution in [3.63, 3.8) is 0 Å². The Morgan fingerprint density at radius 1 is 1.43 bits per heavy atom. The van der Waals surface area contributed by atoms with Crippen molar-refractivity contribution in [3.8, 4) is 0 Å². The molecule has 0 aliphatic carbocycles. The smallest absolute Gasteiger partial charge is 0.137 e. The first-order chi connectivity index (χ1) is 6.47. The molecule has 0 amide bonds. The lowest BCUT2D eigenvalue weighted by Gasteiger charge is -2.22. The monoisotopic (exact) mass is 214 g/mol. The summed E-state index contributed by atoms with van der Waals surface area (Å²) in [4.78, 5) is 1.99. The van der Waals surface area contributed by atoms with E-state index in [2.05, 4.69) is 20.8 Å². The summed E-state index contributed by atoms with van der Waals surface area (Å²) in [7, 11) is 0. The maximum absolute atomic E-state index is 13.2. The van der Waals surface area contributed by atoms with Gasteiger partial charge in [-0.2, -0.15) is 0 Å². The Morgan fingerprint density at radius 3 is 2.50 bits per heavy atom. The van der Waals surface area contributed by atoms with E-state index in [-0.39, 0.29) is 11.2 Å². The number of unbranched alkanes of at least 4 members (excludes halogenated alkanes) is 1. The number of thiophene rings is 1. The number of hydrogen-bond donors (Lipinski definition) is 0.